The predicted molar refractivity (Wildman–Crippen MR) is 136 cm³/mol. The van der Waals surface area contributed by atoms with Gasteiger partial charge in [-0.3, -0.25) is 4.79 Å². The van der Waals surface area contributed by atoms with E-state index >= 15 is 0 Å². The number of piperidine rings is 1. The van der Waals surface area contributed by atoms with Crippen LogP contribution >= 0.6 is 35.0 Å². The van der Waals surface area contributed by atoms with E-state index in [1.165, 1.54) is 16.1 Å². The van der Waals surface area contributed by atoms with Crippen LogP contribution in [0.2, 0.25) is 10.0 Å². The Labute approximate surface area is 213 Å². The molecule has 1 aliphatic rings. The fourth-order valence-corrected chi connectivity index (χ4v) is 7.64. The molecule has 0 unspecified atom stereocenters. The van der Waals surface area contributed by atoms with Crippen molar-refractivity contribution in [2.45, 2.75) is 34.4 Å². The van der Waals surface area contributed by atoms with Gasteiger partial charge in [0.2, 0.25) is 10.0 Å². The number of carboxylic acids is 1. The lowest BCUT2D eigenvalue weighted by atomic mass is 9.90. The summed E-state index contributed by atoms with van der Waals surface area (Å²) in [5.41, 5.74) is 1.38. The van der Waals surface area contributed by atoms with Crippen molar-refractivity contribution in [3.05, 3.63) is 94.0 Å². The van der Waals surface area contributed by atoms with Gasteiger partial charge in [-0.2, -0.15) is 4.31 Å². The Balaban J connectivity index is 1.77. The van der Waals surface area contributed by atoms with Crippen molar-refractivity contribution < 1.29 is 18.3 Å². The van der Waals surface area contributed by atoms with Crippen LogP contribution in [0.4, 0.5) is 0 Å². The van der Waals surface area contributed by atoms with Crippen molar-refractivity contribution in [2.24, 2.45) is 5.92 Å². The summed E-state index contributed by atoms with van der Waals surface area (Å²) in [6, 6.07) is 20.5. The van der Waals surface area contributed by atoms with E-state index in [0.29, 0.717) is 22.0 Å². The Morgan fingerprint density at radius 1 is 0.971 bits per heavy atom. The van der Waals surface area contributed by atoms with Gasteiger partial charge in [0.15, 0.2) is 0 Å². The number of sulfonamides is 1. The molecule has 0 aromatic heterocycles. The third-order valence-corrected chi connectivity index (χ3v) is 9.89. The SMILES string of the molecule is Cc1ccccc1S(=O)(=O)N1C[C@@H](C(=O)O)[C@H](Sc2ccc(Cl)cc2)C[C@H]1c1ccc(Cl)cc1. The summed E-state index contributed by atoms with van der Waals surface area (Å²) in [5, 5.41) is 10.9. The van der Waals surface area contributed by atoms with Crippen LogP contribution in [0.1, 0.15) is 23.6 Å². The summed E-state index contributed by atoms with van der Waals surface area (Å²) in [6.45, 7) is 1.60. The molecule has 1 aliphatic heterocycles. The van der Waals surface area contributed by atoms with E-state index in [1.54, 1.807) is 67.6 Å². The van der Waals surface area contributed by atoms with Crippen LogP contribution in [-0.2, 0) is 14.8 Å². The molecule has 0 spiro atoms. The topological polar surface area (TPSA) is 74.7 Å². The Bertz CT molecular complexity index is 1280. The maximum Gasteiger partial charge on any atom is 0.308 e. The first-order chi connectivity index (χ1) is 16.2. The molecule has 9 heteroatoms. The minimum atomic E-state index is -3.96. The molecule has 0 radical (unpaired) electrons. The lowest BCUT2D eigenvalue weighted by molar-refractivity contribution is -0.143. The van der Waals surface area contributed by atoms with Crippen molar-refractivity contribution in [1.29, 1.82) is 0 Å². The molecule has 1 fully saturated rings. The first-order valence-electron chi connectivity index (χ1n) is 10.6. The molecular formula is C25H23Cl2NO4S2. The van der Waals surface area contributed by atoms with Crippen molar-refractivity contribution >= 4 is 51.0 Å². The molecule has 3 atom stereocenters. The zero-order valence-corrected chi connectivity index (χ0v) is 21.4. The van der Waals surface area contributed by atoms with E-state index in [4.69, 9.17) is 23.2 Å². The number of aryl methyl sites for hydroxylation is 1. The van der Waals surface area contributed by atoms with Gasteiger partial charge in [0.1, 0.15) is 0 Å². The summed E-state index contributed by atoms with van der Waals surface area (Å²) in [6.07, 6.45) is 0.330. The Kier molecular flexibility index (Phi) is 7.60. The molecule has 0 amide bonds. The summed E-state index contributed by atoms with van der Waals surface area (Å²) >= 11 is 13.5. The maximum atomic E-state index is 13.8. The van der Waals surface area contributed by atoms with Crippen molar-refractivity contribution in [3.63, 3.8) is 0 Å². The van der Waals surface area contributed by atoms with Gasteiger partial charge in [-0.1, -0.05) is 53.5 Å². The van der Waals surface area contributed by atoms with E-state index in [9.17, 15) is 18.3 Å². The first-order valence-corrected chi connectivity index (χ1v) is 13.7. The van der Waals surface area contributed by atoms with Gasteiger partial charge in [0, 0.05) is 26.7 Å². The highest BCUT2D eigenvalue weighted by Gasteiger charge is 2.45. The van der Waals surface area contributed by atoms with Crippen molar-refractivity contribution in [3.8, 4) is 0 Å². The normalized spacial score (nSPS) is 21.3. The van der Waals surface area contributed by atoms with Gasteiger partial charge >= 0.3 is 5.97 Å². The molecule has 5 nitrogen and oxygen atoms in total. The Morgan fingerprint density at radius 3 is 2.15 bits per heavy atom. The smallest absolute Gasteiger partial charge is 0.308 e. The van der Waals surface area contributed by atoms with Crippen molar-refractivity contribution in [2.75, 3.05) is 6.54 Å². The number of nitrogens with zero attached hydrogens (tertiary/aromatic N) is 1. The molecule has 3 aromatic rings. The molecule has 34 heavy (non-hydrogen) atoms. The highest BCUT2D eigenvalue weighted by Crippen LogP contribution is 2.44. The number of hydrogen-bond acceptors (Lipinski definition) is 4. The second kappa shape index (κ2) is 10.3. The van der Waals surface area contributed by atoms with Crippen LogP contribution in [-0.4, -0.2) is 35.6 Å². The number of hydrogen-bond donors (Lipinski definition) is 1. The van der Waals surface area contributed by atoms with Crippen LogP contribution in [0.25, 0.3) is 0 Å². The maximum absolute atomic E-state index is 13.8. The zero-order valence-electron chi connectivity index (χ0n) is 18.3. The summed E-state index contributed by atoms with van der Waals surface area (Å²) < 4.78 is 29.0. The van der Waals surface area contributed by atoms with Crippen LogP contribution in [0, 0.1) is 12.8 Å². The van der Waals surface area contributed by atoms with Crippen LogP contribution in [0.5, 0.6) is 0 Å². The minimum Gasteiger partial charge on any atom is -0.481 e. The molecule has 0 aliphatic carbocycles. The molecule has 1 N–H and O–H groups in total. The molecule has 0 saturated carbocycles. The number of thioether (sulfide) groups is 1. The molecule has 1 heterocycles. The molecule has 0 bridgehead atoms. The van der Waals surface area contributed by atoms with Crippen LogP contribution in [0.15, 0.2) is 82.6 Å². The Morgan fingerprint density at radius 2 is 1.56 bits per heavy atom. The highest BCUT2D eigenvalue weighted by molar-refractivity contribution is 8.00. The van der Waals surface area contributed by atoms with Gasteiger partial charge in [-0.15, -0.1) is 11.8 Å². The van der Waals surface area contributed by atoms with Crippen LogP contribution < -0.4 is 0 Å². The van der Waals surface area contributed by atoms with E-state index in [-0.39, 0.29) is 16.7 Å². The number of rotatable bonds is 6. The lowest BCUT2D eigenvalue weighted by Gasteiger charge is -2.42. The predicted octanol–water partition coefficient (Wildman–Crippen LogP) is 6.30. The number of carboxylic acid groups (broad SMARTS) is 1. The molecule has 1 saturated heterocycles. The van der Waals surface area contributed by atoms with Gasteiger partial charge in [0.25, 0.3) is 0 Å². The third-order valence-electron chi connectivity index (χ3n) is 5.98. The van der Waals surface area contributed by atoms with Gasteiger partial charge in [0.05, 0.1) is 16.9 Å². The van der Waals surface area contributed by atoms with Crippen LogP contribution in [0.3, 0.4) is 0 Å². The zero-order chi connectivity index (χ0) is 24.5. The minimum absolute atomic E-state index is 0.134. The number of carbonyl (C=O) groups is 1. The molecule has 3 aromatic carbocycles. The molecule has 178 valence electrons. The second-order valence-corrected chi connectivity index (χ2v) is 12.2. The lowest BCUT2D eigenvalue weighted by Crippen LogP contribution is -2.49. The first kappa shape index (κ1) is 25.1. The Hall–Kier alpha value is -2.03. The highest BCUT2D eigenvalue weighted by atomic mass is 35.5. The summed E-state index contributed by atoms with van der Waals surface area (Å²) in [4.78, 5) is 13.4. The van der Waals surface area contributed by atoms with E-state index in [1.807, 2.05) is 12.1 Å². The van der Waals surface area contributed by atoms with Crippen molar-refractivity contribution in [1.82, 2.24) is 4.31 Å². The summed E-state index contributed by atoms with van der Waals surface area (Å²) in [5.74, 6) is -1.91. The van der Waals surface area contributed by atoms with Gasteiger partial charge in [-0.05, 0) is 66.9 Å². The standard InChI is InChI=1S/C25H23Cl2NO4S2/c1-16-4-2-3-5-24(16)34(31,32)28-15-21(25(29)30)23(33-20-12-10-19(27)11-13-20)14-22(28)17-6-8-18(26)9-7-17/h2-13,21-23H,14-15H2,1H3,(H,29,30)/t21-,22+,23-/m1/s1. The average molecular weight is 537 g/mol. The van der Waals surface area contributed by atoms with E-state index in [2.05, 4.69) is 0 Å². The number of halogens is 2. The molecule has 4 rings (SSSR count). The van der Waals surface area contributed by atoms with E-state index < -0.39 is 28.0 Å². The van der Waals surface area contributed by atoms with E-state index in [0.717, 1.165) is 10.5 Å². The quantitative estimate of drug-likeness (QED) is 0.400. The van der Waals surface area contributed by atoms with Gasteiger partial charge < -0.3 is 5.11 Å². The fourth-order valence-electron chi connectivity index (χ4n) is 4.22. The number of benzene rings is 3. The van der Waals surface area contributed by atoms with Gasteiger partial charge in [-0.25, -0.2) is 8.42 Å². The third kappa shape index (κ3) is 5.29. The second-order valence-electron chi connectivity index (χ2n) is 8.20. The number of aliphatic carboxylic acids is 1. The largest absolute Gasteiger partial charge is 0.481 e. The average Bonchev–Trinajstić information content (AvgIpc) is 2.80. The monoisotopic (exact) mass is 535 g/mol. The fraction of sp³-hybridized carbons (Fsp3) is 0.240. The molecular weight excluding hydrogens is 513 g/mol. The summed E-state index contributed by atoms with van der Waals surface area (Å²) in [7, 11) is -3.96.